The predicted molar refractivity (Wildman–Crippen MR) is 82.4 cm³/mol. The van der Waals surface area contributed by atoms with E-state index < -0.39 is 33.4 Å². The van der Waals surface area contributed by atoms with E-state index in [9.17, 15) is 27.5 Å². The molecule has 0 spiro atoms. The van der Waals surface area contributed by atoms with Crippen molar-refractivity contribution in [2.75, 3.05) is 13.4 Å². The van der Waals surface area contributed by atoms with Gasteiger partial charge in [-0.05, 0) is 24.1 Å². The van der Waals surface area contributed by atoms with Crippen molar-refractivity contribution in [3.8, 4) is 0 Å². The van der Waals surface area contributed by atoms with Gasteiger partial charge in [0.25, 0.3) is 11.8 Å². The molecule has 1 aromatic carbocycles. The molecular weight excluding hydrogens is 343 g/mol. The van der Waals surface area contributed by atoms with Gasteiger partial charge in [-0.3, -0.25) is 14.4 Å². The molecule has 0 atom stereocenters. The van der Waals surface area contributed by atoms with Crippen molar-refractivity contribution >= 4 is 21.8 Å². The van der Waals surface area contributed by atoms with Gasteiger partial charge < -0.3 is 5.11 Å². The number of halogens is 1. The monoisotopic (exact) mass is 360 g/mol. The predicted octanol–water partition coefficient (Wildman–Crippen LogP) is 0.542. The molecule has 132 valence electrons. The number of carbonyl (C=O) groups excluding carboxylic acids is 2. The normalized spacial score (nSPS) is 11.9. The highest BCUT2D eigenvalue weighted by atomic mass is 32.2. The first kappa shape index (κ1) is 19.6. The number of hydrogen-bond acceptors (Lipinski definition) is 6. The van der Waals surface area contributed by atoms with Crippen molar-refractivity contribution in [1.29, 1.82) is 0 Å². The number of sulfonamides is 1. The number of amides is 2. The lowest BCUT2D eigenvalue weighted by molar-refractivity contribution is -0.173. The molecule has 0 saturated carbocycles. The van der Waals surface area contributed by atoms with E-state index in [0.29, 0.717) is 17.2 Å². The number of rotatable bonds is 6. The van der Waals surface area contributed by atoms with E-state index in [2.05, 4.69) is 0 Å². The van der Waals surface area contributed by atoms with Gasteiger partial charge in [-0.1, -0.05) is 12.1 Å². The Morgan fingerprint density at radius 2 is 2.04 bits per heavy atom. The van der Waals surface area contributed by atoms with Gasteiger partial charge in [0.15, 0.2) is 5.76 Å². The van der Waals surface area contributed by atoms with Gasteiger partial charge >= 0.3 is 0 Å². The molecule has 0 aliphatic heterocycles. The molecule has 1 aromatic rings. The topological polar surface area (TPSA) is 113 Å². The van der Waals surface area contributed by atoms with Crippen LogP contribution in [0.2, 0.25) is 0 Å². The van der Waals surface area contributed by atoms with Crippen molar-refractivity contribution in [3.05, 3.63) is 47.0 Å². The number of nitrogens with zero attached hydrogens (tertiary/aromatic N) is 1. The number of aryl methyl sites for hydroxylation is 1. The van der Waals surface area contributed by atoms with Crippen molar-refractivity contribution in [2.45, 2.75) is 13.5 Å². The van der Waals surface area contributed by atoms with Gasteiger partial charge in [-0.25, -0.2) is 22.6 Å². The van der Waals surface area contributed by atoms with E-state index in [0.717, 1.165) is 11.3 Å². The summed E-state index contributed by atoms with van der Waals surface area (Å²) in [6.45, 7) is 1.48. The van der Waals surface area contributed by atoms with E-state index in [-0.39, 0.29) is 6.54 Å². The lowest BCUT2D eigenvalue weighted by Crippen LogP contribution is -2.32. The molecule has 0 aliphatic rings. The Hall–Kier alpha value is -2.46. The molecule has 24 heavy (non-hydrogen) atoms. The second kappa shape index (κ2) is 7.88. The summed E-state index contributed by atoms with van der Waals surface area (Å²) in [6.07, 6.45) is 1.23. The van der Waals surface area contributed by atoms with Gasteiger partial charge in [0.2, 0.25) is 10.0 Å². The average Bonchev–Trinajstić information content (AvgIpc) is 2.46. The Bertz CT molecular complexity index is 775. The lowest BCUT2D eigenvalue weighted by Gasteiger charge is -2.18. The molecule has 0 aliphatic carbocycles. The van der Waals surface area contributed by atoms with Crippen molar-refractivity contribution < 1.29 is 32.3 Å². The Kier molecular flexibility index (Phi) is 6.43. The van der Waals surface area contributed by atoms with E-state index in [1.54, 1.807) is 6.92 Å². The molecule has 0 radical (unpaired) electrons. The molecule has 1 rings (SSSR count). The SMILES string of the molecule is CON(Cc1ccc(F)c(C)c1)C(=O)/C=C(\O)C(=O)NS(C)(=O)=O. The third kappa shape index (κ3) is 5.97. The largest absolute Gasteiger partial charge is 0.503 e. The van der Waals surface area contributed by atoms with Crippen LogP contribution in [0.15, 0.2) is 30.0 Å². The Labute approximate surface area is 138 Å². The van der Waals surface area contributed by atoms with Crippen LogP contribution in [0.4, 0.5) is 4.39 Å². The molecule has 0 aromatic heterocycles. The van der Waals surface area contributed by atoms with Crippen LogP contribution in [0.1, 0.15) is 11.1 Å². The minimum Gasteiger partial charge on any atom is -0.503 e. The van der Waals surface area contributed by atoms with Crippen LogP contribution >= 0.6 is 0 Å². The molecule has 2 amide bonds. The highest BCUT2D eigenvalue weighted by Crippen LogP contribution is 2.12. The maximum absolute atomic E-state index is 13.2. The summed E-state index contributed by atoms with van der Waals surface area (Å²) in [7, 11) is -2.69. The van der Waals surface area contributed by atoms with Crippen molar-refractivity contribution in [3.63, 3.8) is 0 Å². The van der Waals surface area contributed by atoms with E-state index in [1.165, 1.54) is 30.0 Å². The smallest absolute Gasteiger partial charge is 0.299 e. The number of aliphatic hydroxyl groups excluding tert-OH is 1. The third-order valence-corrected chi connectivity index (χ3v) is 3.34. The second-order valence-corrected chi connectivity index (χ2v) is 6.62. The minimum absolute atomic E-state index is 0.0755. The van der Waals surface area contributed by atoms with Gasteiger partial charge in [0, 0.05) is 0 Å². The molecule has 10 heteroatoms. The van der Waals surface area contributed by atoms with Crippen LogP contribution in [0.5, 0.6) is 0 Å². The molecular formula is C14H17FN2O6S. The summed E-state index contributed by atoms with van der Waals surface area (Å²) >= 11 is 0. The summed E-state index contributed by atoms with van der Waals surface area (Å²) in [6, 6.07) is 4.19. The summed E-state index contributed by atoms with van der Waals surface area (Å²) in [5, 5.41) is 10.3. The van der Waals surface area contributed by atoms with Gasteiger partial charge in [-0.15, -0.1) is 0 Å². The van der Waals surface area contributed by atoms with E-state index in [4.69, 9.17) is 4.84 Å². The van der Waals surface area contributed by atoms with Crippen LogP contribution in [0, 0.1) is 12.7 Å². The average molecular weight is 360 g/mol. The number of nitrogens with one attached hydrogen (secondary N) is 1. The van der Waals surface area contributed by atoms with E-state index in [1.807, 2.05) is 0 Å². The molecule has 0 fully saturated rings. The number of aliphatic hydroxyl groups is 1. The Balaban J connectivity index is 2.87. The molecule has 8 nitrogen and oxygen atoms in total. The van der Waals surface area contributed by atoms with Crippen LogP contribution in [0.3, 0.4) is 0 Å². The zero-order chi connectivity index (χ0) is 18.5. The highest BCUT2D eigenvalue weighted by Gasteiger charge is 2.18. The zero-order valence-corrected chi connectivity index (χ0v) is 14.1. The fourth-order valence-electron chi connectivity index (χ4n) is 1.68. The van der Waals surface area contributed by atoms with Crippen LogP contribution in [-0.2, 0) is 31.0 Å². The Morgan fingerprint density at radius 1 is 1.42 bits per heavy atom. The fraction of sp³-hybridized carbons (Fsp3) is 0.286. The summed E-state index contributed by atoms with van der Waals surface area (Å²) in [4.78, 5) is 28.2. The maximum atomic E-state index is 13.2. The Morgan fingerprint density at radius 3 is 2.54 bits per heavy atom. The zero-order valence-electron chi connectivity index (χ0n) is 13.2. The third-order valence-electron chi connectivity index (χ3n) is 2.79. The maximum Gasteiger partial charge on any atom is 0.299 e. The summed E-state index contributed by atoms with van der Waals surface area (Å²) in [5.41, 5.74) is 0.930. The number of hydrogen-bond donors (Lipinski definition) is 2. The second-order valence-electron chi connectivity index (χ2n) is 4.87. The molecule has 0 saturated heterocycles. The first-order valence-corrected chi connectivity index (χ1v) is 8.46. The number of benzene rings is 1. The summed E-state index contributed by atoms with van der Waals surface area (Å²) in [5.74, 6) is -3.74. The van der Waals surface area contributed by atoms with E-state index >= 15 is 0 Å². The highest BCUT2D eigenvalue weighted by molar-refractivity contribution is 7.89. The number of hydroxylamine groups is 2. The first-order valence-electron chi connectivity index (χ1n) is 6.57. The van der Waals surface area contributed by atoms with Crippen LogP contribution in [0.25, 0.3) is 0 Å². The standard InChI is InChI=1S/C14H17FN2O6S/c1-9-6-10(4-5-11(9)15)8-17(23-2)13(19)7-12(18)14(20)16-24(3,21)22/h4-7,18H,8H2,1-3H3,(H,16,20)/b12-7-. The van der Waals surface area contributed by atoms with Crippen molar-refractivity contribution in [2.24, 2.45) is 0 Å². The van der Waals surface area contributed by atoms with Gasteiger partial charge in [0.1, 0.15) is 5.82 Å². The van der Waals surface area contributed by atoms with Crippen LogP contribution < -0.4 is 4.72 Å². The lowest BCUT2D eigenvalue weighted by atomic mass is 10.1. The van der Waals surface area contributed by atoms with Gasteiger partial charge in [-0.2, -0.15) is 0 Å². The first-order chi connectivity index (χ1) is 11.0. The van der Waals surface area contributed by atoms with Gasteiger partial charge in [0.05, 0.1) is 26.0 Å². The van der Waals surface area contributed by atoms with Crippen LogP contribution in [-0.4, -0.2) is 43.8 Å². The number of carbonyl (C=O) groups is 2. The quantitative estimate of drug-likeness (QED) is 0.435. The minimum atomic E-state index is -3.88. The summed E-state index contributed by atoms with van der Waals surface area (Å²) < 4.78 is 36.5. The molecule has 0 unspecified atom stereocenters. The molecule has 0 heterocycles. The molecule has 2 N–H and O–H groups in total. The molecule has 0 bridgehead atoms. The fourth-order valence-corrected chi connectivity index (χ4v) is 2.12. The van der Waals surface area contributed by atoms with Crippen molar-refractivity contribution in [1.82, 2.24) is 9.79 Å².